The van der Waals surface area contributed by atoms with E-state index in [1.54, 1.807) is 4.90 Å². The van der Waals surface area contributed by atoms with Crippen LogP contribution in [0.3, 0.4) is 0 Å². The van der Waals surface area contributed by atoms with Crippen molar-refractivity contribution in [1.82, 2.24) is 14.9 Å². The van der Waals surface area contributed by atoms with Crippen LogP contribution in [0.5, 0.6) is 0 Å². The van der Waals surface area contributed by atoms with E-state index in [4.69, 9.17) is 0 Å². The van der Waals surface area contributed by atoms with E-state index in [2.05, 4.69) is 4.98 Å². The molecule has 28 heavy (non-hydrogen) atoms. The maximum Gasteiger partial charge on any atom is 0.419 e. The fraction of sp³-hybridized carbons (Fsp3) is 0.611. The van der Waals surface area contributed by atoms with Crippen molar-refractivity contribution in [3.05, 3.63) is 23.9 Å². The highest BCUT2D eigenvalue weighted by Gasteiger charge is 2.37. The summed E-state index contributed by atoms with van der Waals surface area (Å²) in [4.78, 5) is 30.4. The SMILES string of the molecule is CCCC[C@H](CN(O)C=O)C(=O)N1CCN(c2ncccc2C(F)(F)F)CC1. The lowest BCUT2D eigenvalue weighted by Gasteiger charge is -2.38. The van der Waals surface area contributed by atoms with Crippen LogP contribution in [0.1, 0.15) is 31.7 Å². The summed E-state index contributed by atoms with van der Waals surface area (Å²) in [6.07, 6.45) is -0.766. The van der Waals surface area contributed by atoms with E-state index in [1.807, 2.05) is 6.92 Å². The zero-order valence-corrected chi connectivity index (χ0v) is 15.7. The standard InChI is InChI=1S/C18H25F3N4O3/c1-2-3-5-14(12-25(28)13-26)17(27)24-10-8-23(9-11-24)16-15(18(19,20)21)6-4-7-22-16/h4,6-7,13-14,28H,2-3,5,8-12H2,1H3/t14-/m1/s1. The smallest absolute Gasteiger partial charge is 0.353 e. The molecule has 0 radical (unpaired) electrons. The summed E-state index contributed by atoms with van der Waals surface area (Å²) in [7, 11) is 0. The van der Waals surface area contributed by atoms with Gasteiger partial charge in [0.1, 0.15) is 5.82 Å². The number of alkyl halides is 3. The Morgan fingerprint density at radius 3 is 2.61 bits per heavy atom. The third-order valence-corrected chi connectivity index (χ3v) is 4.77. The Morgan fingerprint density at radius 1 is 1.36 bits per heavy atom. The van der Waals surface area contributed by atoms with Crippen molar-refractivity contribution >= 4 is 18.1 Å². The highest BCUT2D eigenvalue weighted by molar-refractivity contribution is 5.79. The summed E-state index contributed by atoms with van der Waals surface area (Å²) >= 11 is 0. The molecule has 1 aliphatic heterocycles. The average Bonchev–Trinajstić information content (AvgIpc) is 2.69. The summed E-state index contributed by atoms with van der Waals surface area (Å²) in [5, 5.41) is 9.90. The van der Waals surface area contributed by atoms with Gasteiger partial charge in [-0.25, -0.2) is 10.0 Å². The van der Waals surface area contributed by atoms with Gasteiger partial charge >= 0.3 is 6.18 Å². The molecule has 0 unspecified atom stereocenters. The van der Waals surface area contributed by atoms with E-state index >= 15 is 0 Å². The number of piperazine rings is 1. The predicted octanol–water partition coefficient (Wildman–Crippen LogP) is 2.40. The number of hydrogen-bond acceptors (Lipinski definition) is 5. The van der Waals surface area contributed by atoms with Crippen LogP contribution in [-0.2, 0) is 15.8 Å². The molecule has 10 heteroatoms. The topological polar surface area (TPSA) is 77.0 Å². The number of halogens is 3. The number of nitrogens with zero attached hydrogens (tertiary/aromatic N) is 4. The molecule has 1 aromatic rings. The molecule has 1 N–H and O–H groups in total. The lowest BCUT2D eigenvalue weighted by Crippen LogP contribution is -2.52. The van der Waals surface area contributed by atoms with Crippen LogP contribution in [0, 0.1) is 5.92 Å². The third-order valence-electron chi connectivity index (χ3n) is 4.77. The second-order valence-electron chi connectivity index (χ2n) is 6.75. The molecule has 0 bridgehead atoms. The van der Waals surface area contributed by atoms with Crippen LogP contribution < -0.4 is 4.90 Å². The lowest BCUT2D eigenvalue weighted by molar-refractivity contribution is -0.157. The van der Waals surface area contributed by atoms with Crippen molar-refractivity contribution in [2.24, 2.45) is 5.92 Å². The van der Waals surface area contributed by atoms with Gasteiger partial charge in [-0.15, -0.1) is 0 Å². The fourth-order valence-corrected chi connectivity index (χ4v) is 3.28. The average molecular weight is 402 g/mol. The normalized spacial score (nSPS) is 16.0. The van der Waals surface area contributed by atoms with Gasteiger partial charge in [-0.1, -0.05) is 19.8 Å². The number of unbranched alkanes of at least 4 members (excludes halogenated alkanes) is 1. The molecule has 2 heterocycles. The molecule has 1 saturated heterocycles. The maximum absolute atomic E-state index is 13.2. The molecule has 7 nitrogen and oxygen atoms in total. The van der Waals surface area contributed by atoms with Crippen LogP contribution >= 0.6 is 0 Å². The number of amides is 2. The van der Waals surface area contributed by atoms with Crippen molar-refractivity contribution in [3.63, 3.8) is 0 Å². The molecule has 0 saturated carbocycles. The van der Waals surface area contributed by atoms with E-state index in [0.717, 1.165) is 18.9 Å². The molecular formula is C18H25F3N4O3. The molecule has 1 aromatic heterocycles. The van der Waals surface area contributed by atoms with Gasteiger partial charge in [-0.05, 0) is 18.6 Å². The lowest BCUT2D eigenvalue weighted by atomic mass is 10.00. The number of carbonyl (C=O) groups excluding carboxylic acids is 2. The van der Waals surface area contributed by atoms with Crippen LogP contribution in [-0.4, -0.2) is 65.2 Å². The van der Waals surface area contributed by atoms with Crippen molar-refractivity contribution in [1.29, 1.82) is 0 Å². The van der Waals surface area contributed by atoms with Crippen LogP contribution in [0.4, 0.5) is 19.0 Å². The second kappa shape index (κ2) is 9.72. The minimum absolute atomic E-state index is 0.0962. The first-order valence-corrected chi connectivity index (χ1v) is 9.24. The largest absolute Gasteiger partial charge is 0.419 e. The number of anilines is 1. The molecule has 156 valence electrons. The predicted molar refractivity (Wildman–Crippen MR) is 95.6 cm³/mol. The minimum atomic E-state index is -4.50. The summed E-state index contributed by atoms with van der Waals surface area (Å²) in [6.45, 7) is 2.83. The van der Waals surface area contributed by atoms with E-state index in [9.17, 15) is 28.0 Å². The molecule has 2 rings (SSSR count). The summed E-state index contributed by atoms with van der Waals surface area (Å²) < 4.78 is 39.6. The molecule has 1 atom stereocenters. The first kappa shape index (κ1) is 21.9. The van der Waals surface area contributed by atoms with E-state index in [-0.39, 0.29) is 50.9 Å². The van der Waals surface area contributed by atoms with Crippen molar-refractivity contribution in [3.8, 4) is 0 Å². The summed E-state index contributed by atoms with van der Waals surface area (Å²) in [6, 6.07) is 2.24. The van der Waals surface area contributed by atoms with Crippen LogP contribution in [0.2, 0.25) is 0 Å². The van der Waals surface area contributed by atoms with Crippen LogP contribution in [0.25, 0.3) is 0 Å². The van der Waals surface area contributed by atoms with Gasteiger partial charge in [0.15, 0.2) is 0 Å². The first-order valence-electron chi connectivity index (χ1n) is 9.24. The van der Waals surface area contributed by atoms with Crippen molar-refractivity contribution < 1.29 is 28.0 Å². The molecule has 1 fully saturated rings. The zero-order chi connectivity index (χ0) is 20.7. The fourth-order valence-electron chi connectivity index (χ4n) is 3.28. The van der Waals surface area contributed by atoms with Crippen molar-refractivity contribution in [2.75, 3.05) is 37.6 Å². The summed E-state index contributed by atoms with van der Waals surface area (Å²) in [5.41, 5.74) is -0.794. The number of aromatic nitrogens is 1. The highest BCUT2D eigenvalue weighted by Crippen LogP contribution is 2.35. The molecule has 2 amide bonds. The molecule has 0 spiro atoms. The number of carbonyl (C=O) groups is 2. The van der Waals surface area contributed by atoms with Gasteiger partial charge in [-0.2, -0.15) is 13.2 Å². The second-order valence-corrected chi connectivity index (χ2v) is 6.75. The Labute approximate surface area is 161 Å². The highest BCUT2D eigenvalue weighted by atomic mass is 19.4. The van der Waals surface area contributed by atoms with Crippen molar-refractivity contribution in [2.45, 2.75) is 32.4 Å². The van der Waals surface area contributed by atoms with Gasteiger partial charge in [0.05, 0.1) is 18.0 Å². The monoisotopic (exact) mass is 402 g/mol. The Morgan fingerprint density at radius 2 is 2.04 bits per heavy atom. The number of pyridine rings is 1. The first-order chi connectivity index (χ1) is 13.3. The van der Waals surface area contributed by atoms with E-state index in [0.29, 0.717) is 11.5 Å². The Hall–Kier alpha value is -2.36. The summed E-state index contributed by atoms with van der Waals surface area (Å²) in [5.74, 6) is -0.875. The van der Waals surface area contributed by atoms with Gasteiger partial charge in [0.2, 0.25) is 12.3 Å². The Kier molecular flexibility index (Phi) is 7.61. The number of hydrogen-bond donors (Lipinski definition) is 1. The van der Waals surface area contributed by atoms with Crippen LogP contribution in [0.15, 0.2) is 18.3 Å². The zero-order valence-electron chi connectivity index (χ0n) is 15.7. The van der Waals surface area contributed by atoms with Gasteiger partial charge in [0.25, 0.3) is 0 Å². The van der Waals surface area contributed by atoms with Gasteiger partial charge in [-0.3, -0.25) is 14.8 Å². The van der Waals surface area contributed by atoms with Gasteiger partial charge < -0.3 is 9.80 Å². The Bertz CT molecular complexity index is 664. The minimum Gasteiger partial charge on any atom is -0.353 e. The van der Waals surface area contributed by atoms with E-state index < -0.39 is 17.7 Å². The Balaban J connectivity index is 2.04. The number of rotatable bonds is 8. The molecule has 1 aliphatic rings. The van der Waals surface area contributed by atoms with Gasteiger partial charge in [0, 0.05) is 32.4 Å². The molecular weight excluding hydrogens is 377 g/mol. The number of hydroxylamine groups is 2. The molecule has 0 aromatic carbocycles. The molecule has 0 aliphatic carbocycles. The third kappa shape index (κ3) is 5.57. The van der Waals surface area contributed by atoms with E-state index in [1.165, 1.54) is 17.2 Å². The maximum atomic E-state index is 13.2. The quantitative estimate of drug-likeness (QED) is 0.411.